The number of aromatic nitrogens is 1. The van der Waals surface area contributed by atoms with Crippen molar-refractivity contribution in [2.24, 2.45) is 10.2 Å². The molecule has 1 atom stereocenters. The molecule has 0 aliphatic heterocycles. The molecule has 1 heterocycles. The molecule has 0 spiro atoms. The minimum atomic E-state index is -0.470. The second-order valence-corrected chi connectivity index (χ2v) is 5.00. The molecule has 10 heteroatoms. The number of carbonyl (C=O) groups is 1. The molecular weight excluding hydrogens is 377 g/mol. The first-order valence-electron chi connectivity index (χ1n) is 5.61. The molecule has 106 valence electrons. The molecule has 0 fully saturated rings. The maximum absolute atomic E-state index is 11.7. The SMILES string of the molecule is COC(=O)c1cc(I)cn1[C@@H](CCN=[N+]=[N-])CN=[N+]=[N-]. The lowest BCUT2D eigenvalue weighted by atomic mass is 10.2. The summed E-state index contributed by atoms with van der Waals surface area (Å²) in [6, 6.07) is 1.41. The van der Waals surface area contributed by atoms with Gasteiger partial charge in [0.1, 0.15) is 5.69 Å². The zero-order valence-corrected chi connectivity index (χ0v) is 12.8. The van der Waals surface area contributed by atoms with Crippen LogP contribution >= 0.6 is 22.6 Å². The summed E-state index contributed by atoms with van der Waals surface area (Å²) >= 11 is 2.08. The zero-order valence-electron chi connectivity index (χ0n) is 10.7. The molecule has 0 radical (unpaired) electrons. The van der Waals surface area contributed by atoms with Gasteiger partial charge in [-0.2, -0.15) is 0 Å². The summed E-state index contributed by atoms with van der Waals surface area (Å²) in [6.07, 6.45) is 2.22. The number of hydrogen-bond donors (Lipinski definition) is 0. The highest BCUT2D eigenvalue weighted by atomic mass is 127. The summed E-state index contributed by atoms with van der Waals surface area (Å²) in [5.74, 6) is -0.470. The predicted molar refractivity (Wildman–Crippen MR) is 80.2 cm³/mol. The molecule has 0 saturated carbocycles. The Bertz CT molecular complexity index is 572. The number of ether oxygens (including phenoxy) is 1. The summed E-state index contributed by atoms with van der Waals surface area (Å²) in [6.45, 7) is 0.406. The van der Waals surface area contributed by atoms with Gasteiger partial charge in [0.25, 0.3) is 0 Å². The smallest absolute Gasteiger partial charge is 0.354 e. The molecule has 20 heavy (non-hydrogen) atoms. The lowest BCUT2D eigenvalue weighted by Crippen LogP contribution is -2.18. The van der Waals surface area contributed by atoms with E-state index in [0.29, 0.717) is 12.1 Å². The third-order valence-electron chi connectivity index (χ3n) is 2.58. The Balaban J connectivity index is 3.07. The van der Waals surface area contributed by atoms with E-state index < -0.39 is 5.97 Å². The van der Waals surface area contributed by atoms with E-state index in [-0.39, 0.29) is 19.1 Å². The van der Waals surface area contributed by atoms with Gasteiger partial charge in [0.2, 0.25) is 0 Å². The Kier molecular flexibility index (Phi) is 6.71. The van der Waals surface area contributed by atoms with Crippen molar-refractivity contribution in [3.05, 3.63) is 42.4 Å². The number of carbonyl (C=O) groups excluding carboxylic acids is 1. The van der Waals surface area contributed by atoms with Crippen LogP contribution in [0.15, 0.2) is 22.5 Å². The van der Waals surface area contributed by atoms with E-state index in [1.54, 1.807) is 16.8 Å². The molecule has 9 nitrogen and oxygen atoms in total. The molecular formula is C10H12IN7O2. The molecule has 1 aromatic heterocycles. The van der Waals surface area contributed by atoms with Gasteiger partial charge < -0.3 is 9.30 Å². The molecule has 0 aliphatic rings. The van der Waals surface area contributed by atoms with Gasteiger partial charge in [0.05, 0.1) is 7.11 Å². The number of esters is 1. The van der Waals surface area contributed by atoms with Gasteiger partial charge in [0, 0.05) is 38.7 Å². The fourth-order valence-electron chi connectivity index (χ4n) is 1.72. The standard InChI is InChI=1S/C10H12IN7O2/c1-20-10(19)9-4-7(11)6-18(9)8(5-15-17-13)2-3-14-16-12/h4,6,8H,2-3,5H2,1H3/t8-/m0/s1. The minimum Gasteiger partial charge on any atom is -0.464 e. The lowest BCUT2D eigenvalue weighted by Gasteiger charge is -2.18. The third kappa shape index (κ3) is 4.34. The minimum absolute atomic E-state index is 0.159. The zero-order chi connectivity index (χ0) is 15.0. The van der Waals surface area contributed by atoms with Crippen LogP contribution in [0, 0.1) is 3.57 Å². The second-order valence-electron chi connectivity index (χ2n) is 3.75. The Morgan fingerprint density at radius 2 is 2.20 bits per heavy atom. The number of azide groups is 2. The van der Waals surface area contributed by atoms with E-state index in [2.05, 4.69) is 42.6 Å². The van der Waals surface area contributed by atoms with Crippen molar-refractivity contribution < 1.29 is 9.53 Å². The molecule has 0 N–H and O–H groups in total. The number of hydrogen-bond acceptors (Lipinski definition) is 4. The Morgan fingerprint density at radius 3 is 2.80 bits per heavy atom. The molecule has 1 rings (SSSR count). The van der Waals surface area contributed by atoms with Crippen LogP contribution in [-0.2, 0) is 4.74 Å². The Hall–Kier alpha value is -1.90. The number of rotatable bonds is 7. The average Bonchev–Trinajstić information content (AvgIpc) is 2.83. The van der Waals surface area contributed by atoms with Crippen molar-refractivity contribution in [3.8, 4) is 0 Å². The second kappa shape index (κ2) is 8.31. The number of halogens is 1. The number of methoxy groups -OCH3 is 1. The van der Waals surface area contributed by atoms with E-state index in [1.807, 2.05) is 0 Å². The monoisotopic (exact) mass is 389 g/mol. The van der Waals surface area contributed by atoms with Crippen LogP contribution in [0.25, 0.3) is 20.9 Å². The molecule has 0 unspecified atom stereocenters. The number of nitrogens with zero attached hydrogens (tertiary/aromatic N) is 7. The van der Waals surface area contributed by atoms with E-state index >= 15 is 0 Å². The summed E-state index contributed by atoms with van der Waals surface area (Å²) in [5, 5.41) is 6.99. The van der Waals surface area contributed by atoms with E-state index in [9.17, 15) is 4.79 Å². The van der Waals surface area contributed by atoms with Gasteiger partial charge in [0.15, 0.2) is 0 Å². The van der Waals surface area contributed by atoms with Gasteiger partial charge in [-0.3, -0.25) is 0 Å². The van der Waals surface area contributed by atoms with Crippen LogP contribution in [0.2, 0.25) is 0 Å². The quantitative estimate of drug-likeness (QED) is 0.233. The fraction of sp³-hybridized carbons (Fsp3) is 0.500. The van der Waals surface area contributed by atoms with E-state index in [1.165, 1.54) is 7.11 Å². The highest BCUT2D eigenvalue weighted by molar-refractivity contribution is 14.1. The van der Waals surface area contributed by atoms with E-state index in [4.69, 9.17) is 15.8 Å². The van der Waals surface area contributed by atoms with Crippen LogP contribution in [-0.4, -0.2) is 30.7 Å². The first-order valence-corrected chi connectivity index (χ1v) is 6.69. The molecule has 0 saturated heterocycles. The van der Waals surface area contributed by atoms with Gasteiger partial charge in [-0.1, -0.05) is 10.2 Å². The average molecular weight is 389 g/mol. The molecule has 1 aromatic rings. The van der Waals surface area contributed by atoms with Crippen molar-refractivity contribution >= 4 is 28.6 Å². The van der Waals surface area contributed by atoms with Crippen molar-refractivity contribution in [2.45, 2.75) is 12.5 Å². The normalized spacial score (nSPS) is 11.1. The lowest BCUT2D eigenvalue weighted by molar-refractivity contribution is 0.0586. The van der Waals surface area contributed by atoms with Crippen LogP contribution in [0.4, 0.5) is 0 Å². The fourth-order valence-corrected chi connectivity index (χ4v) is 2.31. The van der Waals surface area contributed by atoms with Gasteiger partial charge >= 0.3 is 5.97 Å². The first-order chi connectivity index (χ1) is 9.63. The summed E-state index contributed by atoms with van der Waals surface area (Å²) in [4.78, 5) is 17.1. The van der Waals surface area contributed by atoms with Crippen molar-refractivity contribution in [1.82, 2.24) is 4.57 Å². The third-order valence-corrected chi connectivity index (χ3v) is 3.17. The summed E-state index contributed by atoms with van der Waals surface area (Å²) in [7, 11) is 1.30. The van der Waals surface area contributed by atoms with E-state index in [0.717, 1.165) is 3.57 Å². The maximum atomic E-state index is 11.7. The van der Waals surface area contributed by atoms with Gasteiger partial charge in [-0.05, 0) is 46.1 Å². The highest BCUT2D eigenvalue weighted by Gasteiger charge is 2.19. The van der Waals surface area contributed by atoms with Crippen molar-refractivity contribution in [1.29, 1.82) is 0 Å². The topological polar surface area (TPSA) is 129 Å². The van der Waals surface area contributed by atoms with Gasteiger partial charge in [-0.25, -0.2) is 4.79 Å². The molecule has 0 aliphatic carbocycles. The predicted octanol–water partition coefficient (Wildman–Crippen LogP) is 3.43. The largest absolute Gasteiger partial charge is 0.464 e. The Morgan fingerprint density at radius 1 is 1.50 bits per heavy atom. The Labute approximate surface area is 128 Å². The van der Waals surface area contributed by atoms with Crippen LogP contribution in [0.1, 0.15) is 23.0 Å². The first kappa shape index (κ1) is 16.2. The molecule has 0 amide bonds. The molecule has 0 aromatic carbocycles. The van der Waals surface area contributed by atoms with Crippen LogP contribution in [0.5, 0.6) is 0 Å². The molecule has 0 bridgehead atoms. The van der Waals surface area contributed by atoms with Crippen LogP contribution < -0.4 is 0 Å². The van der Waals surface area contributed by atoms with Crippen LogP contribution in [0.3, 0.4) is 0 Å². The highest BCUT2D eigenvalue weighted by Crippen LogP contribution is 2.21. The summed E-state index contributed by atoms with van der Waals surface area (Å²) in [5.41, 5.74) is 17.1. The van der Waals surface area contributed by atoms with Crippen molar-refractivity contribution in [3.63, 3.8) is 0 Å². The van der Waals surface area contributed by atoms with Crippen molar-refractivity contribution in [2.75, 3.05) is 20.2 Å². The summed E-state index contributed by atoms with van der Waals surface area (Å²) < 4.78 is 7.27. The van der Waals surface area contributed by atoms with Gasteiger partial charge in [-0.15, -0.1) is 0 Å². The maximum Gasteiger partial charge on any atom is 0.354 e.